The minimum atomic E-state index is 0.296. The van der Waals surface area contributed by atoms with Crippen LogP contribution >= 0.6 is 11.3 Å². The number of hydrogen-bond donors (Lipinski definition) is 1. The SMILES string of the molecule is CC(C)(C)c1ccc(CN2CCC3(CCNCC3)C2)s1. The summed E-state index contributed by atoms with van der Waals surface area (Å²) in [5.41, 5.74) is 0.930. The molecule has 2 nitrogen and oxygen atoms in total. The number of likely N-dealkylation sites (tertiary alicyclic amines) is 1. The van der Waals surface area contributed by atoms with E-state index in [1.807, 2.05) is 11.3 Å². The standard InChI is InChI=1S/C17H28N2S/c1-16(2,3)15-5-4-14(20-15)12-19-11-8-17(13-19)6-9-18-10-7-17/h4-5,18H,6-13H2,1-3H3. The van der Waals surface area contributed by atoms with E-state index in [4.69, 9.17) is 0 Å². The summed E-state index contributed by atoms with van der Waals surface area (Å²) in [6.45, 7) is 13.1. The van der Waals surface area contributed by atoms with Crippen LogP contribution < -0.4 is 5.32 Å². The molecule has 2 fully saturated rings. The molecular weight excluding hydrogens is 264 g/mol. The highest BCUT2D eigenvalue weighted by molar-refractivity contribution is 7.12. The van der Waals surface area contributed by atoms with E-state index in [1.54, 1.807) is 4.88 Å². The van der Waals surface area contributed by atoms with Crippen LogP contribution in [0.5, 0.6) is 0 Å². The third kappa shape index (κ3) is 3.10. The van der Waals surface area contributed by atoms with Crippen LogP contribution in [0, 0.1) is 5.41 Å². The Balaban J connectivity index is 1.60. The number of nitrogens with one attached hydrogen (secondary N) is 1. The maximum Gasteiger partial charge on any atom is 0.0328 e. The molecule has 1 aromatic rings. The summed E-state index contributed by atoms with van der Waals surface area (Å²) in [7, 11) is 0. The van der Waals surface area contributed by atoms with Gasteiger partial charge < -0.3 is 5.32 Å². The van der Waals surface area contributed by atoms with Crippen LogP contribution in [-0.2, 0) is 12.0 Å². The average Bonchev–Trinajstić information content (AvgIpc) is 2.99. The molecule has 1 N–H and O–H groups in total. The summed E-state index contributed by atoms with van der Waals surface area (Å²) in [6, 6.07) is 4.68. The molecule has 112 valence electrons. The van der Waals surface area contributed by atoms with Crippen molar-refractivity contribution < 1.29 is 0 Å². The Morgan fingerprint density at radius 3 is 2.60 bits per heavy atom. The van der Waals surface area contributed by atoms with Gasteiger partial charge in [-0.3, -0.25) is 4.90 Å². The van der Waals surface area contributed by atoms with Gasteiger partial charge in [-0.25, -0.2) is 0 Å². The molecule has 2 aliphatic heterocycles. The molecule has 1 aromatic heterocycles. The van der Waals surface area contributed by atoms with Crippen LogP contribution in [0.25, 0.3) is 0 Å². The van der Waals surface area contributed by atoms with E-state index in [9.17, 15) is 0 Å². The maximum absolute atomic E-state index is 3.50. The van der Waals surface area contributed by atoms with Gasteiger partial charge >= 0.3 is 0 Å². The minimum absolute atomic E-state index is 0.296. The summed E-state index contributed by atoms with van der Waals surface area (Å²) < 4.78 is 0. The van der Waals surface area contributed by atoms with Gasteiger partial charge in [0.2, 0.25) is 0 Å². The van der Waals surface area contributed by atoms with Crippen LogP contribution in [-0.4, -0.2) is 31.1 Å². The van der Waals surface area contributed by atoms with Gasteiger partial charge in [-0.15, -0.1) is 11.3 Å². The second kappa shape index (κ2) is 5.43. The first kappa shape index (κ1) is 14.6. The van der Waals surface area contributed by atoms with E-state index in [-0.39, 0.29) is 0 Å². The molecule has 0 saturated carbocycles. The lowest BCUT2D eigenvalue weighted by Crippen LogP contribution is -2.38. The highest BCUT2D eigenvalue weighted by Crippen LogP contribution is 2.39. The van der Waals surface area contributed by atoms with E-state index in [1.165, 1.54) is 50.3 Å². The first-order chi connectivity index (χ1) is 9.47. The predicted octanol–water partition coefficient (Wildman–Crippen LogP) is 3.62. The van der Waals surface area contributed by atoms with Crippen LogP contribution in [0.3, 0.4) is 0 Å². The minimum Gasteiger partial charge on any atom is -0.317 e. The lowest BCUT2D eigenvalue weighted by molar-refractivity contribution is 0.194. The van der Waals surface area contributed by atoms with Crippen molar-refractivity contribution >= 4 is 11.3 Å². The number of thiophene rings is 1. The van der Waals surface area contributed by atoms with Crippen molar-refractivity contribution in [2.24, 2.45) is 5.41 Å². The normalized spacial score (nSPS) is 23.6. The number of hydrogen-bond acceptors (Lipinski definition) is 3. The van der Waals surface area contributed by atoms with Gasteiger partial charge in [0.15, 0.2) is 0 Å². The van der Waals surface area contributed by atoms with Gasteiger partial charge in [0.05, 0.1) is 0 Å². The third-order valence-electron chi connectivity index (χ3n) is 4.96. The molecule has 0 bridgehead atoms. The Kier molecular flexibility index (Phi) is 3.95. The largest absolute Gasteiger partial charge is 0.317 e. The maximum atomic E-state index is 3.50. The zero-order chi connectivity index (χ0) is 14.2. The first-order valence-corrected chi connectivity index (χ1v) is 8.81. The third-order valence-corrected chi connectivity index (χ3v) is 6.46. The van der Waals surface area contributed by atoms with Gasteiger partial charge in [-0.1, -0.05) is 20.8 Å². The lowest BCUT2D eigenvalue weighted by atomic mass is 9.78. The Morgan fingerprint density at radius 1 is 1.20 bits per heavy atom. The van der Waals surface area contributed by atoms with Crippen LogP contribution in [0.15, 0.2) is 12.1 Å². The van der Waals surface area contributed by atoms with Crippen molar-refractivity contribution in [2.45, 2.75) is 52.0 Å². The summed E-state index contributed by atoms with van der Waals surface area (Å²) >= 11 is 2.01. The molecule has 0 unspecified atom stereocenters. The average molecular weight is 292 g/mol. The molecule has 3 heterocycles. The molecule has 3 rings (SSSR count). The van der Waals surface area contributed by atoms with Crippen molar-refractivity contribution in [2.75, 3.05) is 26.2 Å². The van der Waals surface area contributed by atoms with Crippen LogP contribution in [0.1, 0.15) is 49.8 Å². The Bertz CT molecular complexity index is 452. The Labute approximate surface area is 127 Å². The van der Waals surface area contributed by atoms with Crippen molar-refractivity contribution in [3.63, 3.8) is 0 Å². The summed E-state index contributed by atoms with van der Waals surface area (Å²) in [5, 5.41) is 3.50. The summed E-state index contributed by atoms with van der Waals surface area (Å²) in [4.78, 5) is 5.74. The highest BCUT2D eigenvalue weighted by atomic mass is 32.1. The zero-order valence-corrected chi connectivity index (χ0v) is 14.0. The zero-order valence-electron chi connectivity index (χ0n) is 13.2. The fraction of sp³-hybridized carbons (Fsp3) is 0.765. The quantitative estimate of drug-likeness (QED) is 0.895. The van der Waals surface area contributed by atoms with Gasteiger partial charge in [-0.2, -0.15) is 0 Å². The molecule has 2 saturated heterocycles. The topological polar surface area (TPSA) is 15.3 Å². The van der Waals surface area contributed by atoms with Crippen molar-refractivity contribution in [1.82, 2.24) is 10.2 Å². The molecule has 0 radical (unpaired) electrons. The van der Waals surface area contributed by atoms with Crippen LogP contribution in [0.4, 0.5) is 0 Å². The van der Waals surface area contributed by atoms with Crippen molar-refractivity contribution in [3.05, 3.63) is 21.9 Å². The summed E-state index contributed by atoms with van der Waals surface area (Å²) in [6.07, 6.45) is 4.16. The fourth-order valence-electron chi connectivity index (χ4n) is 3.61. The van der Waals surface area contributed by atoms with E-state index >= 15 is 0 Å². The fourth-order valence-corrected chi connectivity index (χ4v) is 4.72. The monoisotopic (exact) mass is 292 g/mol. The van der Waals surface area contributed by atoms with E-state index in [2.05, 4.69) is 43.1 Å². The first-order valence-electron chi connectivity index (χ1n) is 7.99. The number of rotatable bonds is 2. The lowest BCUT2D eigenvalue weighted by Gasteiger charge is -2.33. The Hall–Kier alpha value is -0.380. The molecular formula is C17H28N2S. The van der Waals surface area contributed by atoms with Gasteiger partial charge in [0.25, 0.3) is 0 Å². The van der Waals surface area contributed by atoms with Gasteiger partial charge in [0, 0.05) is 22.8 Å². The number of nitrogens with zero attached hydrogens (tertiary/aromatic N) is 1. The van der Waals surface area contributed by atoms with Crippen molar-refractivity contribution in [1.29, 1.82) is 0 Å². The predicted molar refractivity (Wildman–Crippen MR) is 87.4 cm³/mol. The highest BCUT2D eigenvalue weighted by Gasteiger charge is 2.38. The molecule has 2 aliphatic rings. The second-order valence-electron chi connectivity index (χ2n) is 7.73. The van der Waals surface area contributed by atoms with Gasteiger partial charge in [-0.05, 0) is 61.9 Å². The van der Waals surface area contributed by atoms with E-state index in [0.29, 0.717) is 10.8 Å². The molecule has 3 heteroatoms. The molecule has 0 aliphatic carbocycles. The molecule has 0 atom stereocenters. The van der Waals surface area contributed by atoms with Gasteiger partial charge in [0.1, 0.15) is 0 Å². The Morgan fingerprint density at radius 2 is 1.95 bits per heavy atom. The molecule has 0 aromatic carbocycles. The second-order valence-corrected chi connectivity index (χ2v) is 8.89. The smallest absolute Gasteiger partial charge is 0.0328 e. The van der Waals surface area contributed by atoms with E-state index in [0.717, 1.165) is 6.54 Å². The van der Waals surface area contributed by atoms with Crippen LogP contribution in [0.2, 0.25) is 0 Å². The molecule has 1 spiro atoms. The van der Waals surface area contributed by atoms with E-state index < -0.39 is 0 Å². The molecule has 20 heavy (non-hydrogen) atoms. The molecule has 0 amide bonds. The summed E-state index contributed by atoms with van der Waals surface area (Å²) in [5.74, 6) is 0. The van der Waals surface area contributed by atoms with Crippen molar-refractivity contribution in [3.8, 4) is 0 Å². The number of piperidine rings is 1.